The minimum absolute atomic E-state index is 0.225. The number of nitrogens with zero attached hydrogens (tertiary/aromatic N) is 1. The Kier molecular flexibility index (Phi) is 2.11. The highest BCUT2D eigenvalue weighted by Crippen LogP contribution is 2.49. The number of benzene rings is 1. The number of anilines is 1. The number of phenols is 1. The molecule has 2 fully saturated rings. The summed E-state index contributed by atoms with van der Waals surface area (Å²) >= 11 is 0. The Morgan fingerprint density at radius 2 is 1.81 bits per heavy atom. The maximum Gasteiger partial charge on any atom is 0.121 e. The average molecular weight is 219 g/mol. The van der Waals surface area contributed by atoms with Crippen LogP contribution in [-0.2, 0) is 5.60 Å². The largest absolute Gasteiger partial charge is 0.508 e. The normalized spacial score (nSPS) is 22.4. The molecule has 3 rings (SSSR count). The molecule has 2 aliphatic rings. The molecule has 0 spiro atoms. The van der Waals surface area contributed by atoms with Crippen LogP contribution in [0.4, 0.5) is 5.69 Å². The number of phenolic OH excluding ortho intramolecular Hbond substituents is 1. The molecule has 1 aromatic rings. The van der Waals surface area contributed by atoms with Gasteiger partial charge in [0, 0.05) is 24.3 Å². The van der Waals surface area contributed by atoms with E-state index in [1.807, 2.05) is 12.1 Å². The number of rotatable bonds is 2. The Labute approximate surface area is 95.3 Å². The quantitative estimate of drug-likeness (QED) is 0.799. The van der Waals surface area contributed by atoms with Crippen molar-refractivity contribution < 1.29 is 10.2 Å². The number of hydrogen-bond acceptors (Lipinski definition) is 3. The van der Waals surface area contributed by atoms with Crippen molar-refractivity contribution in [3.8, 4) is 5.75 Å². The number of aliphatic hydroxyl groups is 1. The fourth-order valence-electron chi connectivity index (χ4n) is 2.46. The van der Waals surface area contributed by atoms with Gasteiger partial charge in [-0.05, 0) is 43.9 Å². The molecule has 0 bridgehead atoms. The summed E-state index contributed by atoms with van der Waals surface area (Å²) in [7, 11) is 0. The molecule has 0 radical (unpaired) electrons. The van der Waals surface area contributed by atoms with Crippen LogP contribution in [-0.4, -0.2) is 23.3 Å². The molecule has 16 heavy (non-hydrogen) atoms. The summed E-state index contributed by atoms with van der Waals surface area (Å²) in [5.74, 6) is 0.225. The van der Waals surface area contributed by atoms with Gasteiger partial charge in [-0.15, -0.1) is 0 Å². The van der Waals surface area contributed by atoms with Gasteiger partial charge in [0.1, 0.15) is 5.75 Å². The molecule has 3 heteroatoms. The highest BCUT2D eigenvalue weighted by molar-refractivity contribution is 5.55. The highest BCUT2D eigenvalue weighted by Gasteiger charge is 2.44. The van der Waals surface area contributed by atoms with Crippen molar-refractivity contribution in [2.75, 3.05) is 18.0 Å². The first-order chi connectivity index (χ1) is 7.69. The first-order valence-corrected chi connectivity index (χ1v) is 6.00. The van der Waals surface area contributed by atoms with Gasteiger partial charge < -0.3 is 15.1 Å². The van der Waals surface area contributed by atoms with Crippen LogP contribution in [0, 0.1) is 0 Å². The van der Waals surface area contributed by atoms with Crippen LogP contribution in [0.1, 0.15) is 31.2 Å². The fraction of sp³-hybridized carbons (Fsp3) is 0.538. The summed E-state index contributed by atoms with van der Waals surface area (Å²) in [5, 5.41) is 19.8. The van der Waals surface area contributed by atoms with E-state index in [9.17, 15) is 10.2 Å². The minimum Gasteiger partial charge on any atom is -0.508 e. The Balaban J connectivity index is 1.95. The lowest BCUT2D eigenvalue weighted by Gasteiger charge is -2.20. The van der Waals surface area contributed by atoms with Crippen molar-refractivity contribution in [3.63, 3.8) is 0 Å². The van der Waals surface area contributed by atoms with Gasteiger partial charge in [-0.25, -0.2) is 0 Å². The fourth-order valence-corrected chi connectivity index (χ4v) is 2.46. The van der Waals surface area contributed by atoms with Crippen molar-refractivity contribution in [1.29, 1.82) is 0 Å². The Bertz CT molecular complexity index is 406. The maximum atomic E-state index is 10.1. The zero-order valence-electron chi connectivity index (χ0n) is 9.32. The van der Waals surface area contributed by atoms with Crippen molar-refractivity contribution in [3.05, 3.63) is 23.8 Å². The third kappa shape index (κ3) is 1.55. The first-order valence-electron chi connectivity index (χ1n) is 6.00. The zero-order chi connectivity index (χ0) is 11.2. The molecule has 1 aliphatic carbocycles. The van der Waals surface area contributed by atoms with E-state index >= 15 is 0 Å². The van der Waals surface area contributed by atoms with Crippen LogP contribution in [0.5, 0.6) is 5.75 Å². The minimum atomic E-state index is -0.750. The molecular weight excluding hydrogens is 202 g/mol. The van der Waals surface area contributed by atoms with Crippen molar-refractivity contribution in [2.45, 2.75) is 31.3 Å². The number of aromatic hydroxyl groups is 1. The van der Waals surface area contributed by atoms with Crippen LogP contribution in [0.15, 0.2) is 18.2 Å². The van der Waals surface area contributed by atoms with E-state index < -0.39 is 5.60 Å². The summed E-state index contributed by atoms with van der Waals surface area (Å²) in [6, 6.07) is 5.60. The lowest BCUT2D eigenvalue weighted by molar-refractivity contribution is 0.148. The van der Waals surface area contributed by atoms with E-state index in [-0.39, 0.29) is 5.75 Å². The van der Waals surface area contributed by atoms with Gasteiger partial charge in [-0.3, -0.25) is 0 Å². The predicted octanol–water partition coefficient (Wildman–Crippen LogP) is 1.97. The second kappa shape index (κ2) is 3.39. The van der Waals surface area contributed by atoms with Gasteiger partial charge in [0.15, 0.2) is 0 Å². The summed E-state index contributed by atoms with van der Waals surface area (Å²) < 4.78 is 0. The van der Waals surface area contributed by atoms with Crippen LogP contribution < -0.4 is 4.90 Å². The van der Waals surface area contributed by atoms with Gasteiger partial charge >= 0.3 is 0 Å². The van der Waals surface area contributed by atoms with Crippen molar-refractivity contribution >= 4 is 5.69 Å². The van der Waals surface area contributed by atoms with E-state index in [4.69, 9.17) is 0 Å². The van der Waals surface area contributed by atoms with E-state index in [1.54, 1.807) is 6.07 Å². The molecule has 1 saturated carbocycles. The van der Waals surface area contributed by atoms with Crippen LogP contribution in [0.3, 0.4) is 0 Å². The van der Waals surface area contributed by atoms with Crippen LogP contribution in [0.2, 0.25) is 0 Å². The summed E-state index contributed by atoms with van der Waals surface area (Å²) in [5.41, 5.74) is 1.09. The molecular formula is C13H17NO2. The van der Waals surface area contributed by atoms with E-state index in [0.717, 1.165) is 31.6 Å². The topological polar surface area (TPSA) is 43.7 Å². The van der Waals surface area contributed by atoms with Gasteiger partial charge in [-0.1, -0.05) is 0 Å². The monoisotopic (exact) mass is 219 g/mol. The predicted molar refractivity (Wildman–Crippen MR) is 62.7 cm³/mol. The number of hydrogen-bond donors (Lipinski definition) is 2. The van der Waals surface area contributed by atoms with Crippen molar-refractivity contribution in [2.24, 2.45) is 0 Å². The Morgan fingerprint density at radius 3 is 2.44 bits per heavy atom. The van der Waals surface area contributed by atoms with Gasteiger partial charge in [-0.2, -0.15) is 0 Å². The second-order valence-corrected chi connectivity index (χ2v) is 4.93. The molecule has 0 unspecified atom stereocenters. The second-order valence-electron chi connectivity index (χ2n) is 4.93. The Morgan fingerprint density at radius 1 is 1.12 bits per heavy atom. The molecule has 2 N–H and O–H groups in total. The van der Waals surface area contributed by atoms with Gasteiger partial charge in [0.05, 0.1) is 5.60 Å². The molecule has 0 amide bonds. The van der Waals surface area contributed by atoms with Crippen molar-refractivity contribution in [1.82, 2.24) is 0 Å². The van der Waals surface area contributed by atoms with Crippen LogP contribution >= 0.6 is 0 Å². The highest BCUT2D eigenvalue weighted by atomic mass is 16.3. The third-order valence-electron chi connectivity index (χ3n) is 3.68. The van der Waals surface area contributed by atoms with E-state index in [2.05, 4.69) is 4.90 Å². The molecule has 1 aliphatic heterocycles. The van der Waals surface area contributed by atoms with Gasteiger partial charge in [0.2, 0.25) is 0 Å². The first kappa shape index (κ1) is 9.97. The molecule has 0 aromatic heterocycles. The molecule has 1 heterocycles. The SMILES string of the molecule is Oc1ccc(N2CCCC2)cc1C1(O)CC1. The maximum absolute atomic E-state index is 10.1. The van der Waals surface area contributed by atoms with Crippen LogP contribution in [0.25, 0.3) is 0 Å². The summed E-state index contributed by atoms with van der Waals surface area (Å²) in [4.78, 5) is 2.31. The van der Waals surface area contributed by atoms with Gasteiger partial charge in [0.25, 0.3) is 0 Å². The lowest BCUT2D eigenvalue weighted by atomic mass is 10.1. The average Bonchev–Trinajstić information content (AvgIpc) is 2.83. The smallest absolute Gasteiger partial charge is 0.121 e. The lowest BCUT2D eigenvalue weighted by Crippen LogP contribution is -2.18. The van der Waals surface area contributed by atoms with E-state index in [1.165, 1.54) is 12.8 Å². The Hall–Kier alpha value is -1.22. The standard InChI is InChI=1S/C13H17NO2/c15-12-4-3-10(14-7-1-2-8-14)9-11(12)13(16)5-6-13/h3-4,9,15-16H,1-2,5-8H2. The summed E-state index contributed by atoms with van der Waals surface area (Å²) in [6.07, 6.45) is 4.01. The summed E-state index contributed by atoms with van der Waals surface area (Å²) in [6.45, 7) is 2.17. The molecule has 0 atom stereocenters. The molecule has 3 nitrogen and oxygen atoms in total. The molecule has 1 saturated heterocycles. The molecule has 86 valence electrons. The third-order valence-corrected chi connectivity index (χ3v) is 3.68. The van der Waals surface area contributed by atoms with E-state index in [0.29, 0.717) is 5.56 Å². The zero-order valence-corrected chi connectivity index (χ0v) is 9.32. The molecule has 1 aromatic carbocycles.